The van der Waals surface area contributed by atoms with Crippen LogP contribution in [-0.4, -0.2) is 26.9 Å². The molecular weight excluding hydrogens is 186 g/mol. The molecule has 1 heterocycles. The fraction of sp³-hybridized carbons (Fsp3) is 0.222. The maximum Gasteiger partial charge on any atom is 0.372 e. The lowest BCUT2D eigenvalue weighted by molar-refractivity contribution is -0.150. The summed E-state index contributed by atoms with van der Waals surface area (Å²) in [5.41, 5.74) is 0.294. The maximum absolute atomic E-state index is 10.7. The lowest BCUT2D eigenvalue weighted by atomic mass is 10.1. The van der Waals surface area contributed by atoms with Crippen molar-refractivity contribution in [3.63, 3.8) is 0 Å². The van der Waals surface area contributed by atoms with Gasteiger partial charge in [-0.1, -0.05) is 6.07 Å². The third-order valence-corrected chi connectivity index (χ3v) is 1.65. The van der Waals surface area contributed by atoms with Gasteiger partial charge in [-0.15, -0.1) is 0 Å². The number of Topliss-reactive ketones (excluding diaryl/α,β-unsaturated/α-hetero) is 1. The molecule has 0 aliphatic carbocycles. The fourth-order valence-corrected chi connectivity index (χ4v) is 0.941. The molecule has 0 aliphatic heterocycles. The molecule has 1 rings (SSSR count). The number of hydrogen-bond donors (Lipinski definition) is 2. The number of aliphatic hydroxyl groups is 1. The van der Waals surface area contributed by atoms with Gasteiger partial charge in [0.25, 0.3) is 0 Å². The number of rotatable bonds is 4. The summed E-state index contributed by atoms with van der Waals surface area (Å²) in [5.74, 6) is -2.57. The van der Waals surface area contributed by atoms with Crippen LogP contribution >= 0.6 is 0 Å². The lowest BCUT2D eigenvalue weighted by Gasteiger charge is -2.06. The Bertz CT molecular complexity index is 336. The zero-order chi connectivity index (χ0) is 10.6. The van der Waals surface area contributed by atoms with Crippen molar-refractivity contribution in [2.75, 3.05) is 0 Å². The maximum atomic E-state index is 10.7. The first kappa shape index (κ1) is 10.3. The van der Waals surface area contributed by atoms with Crippen LogP contribution in [-0.2, 0) is 9.59 Å². The van der Waals surface area contributed by atoms with Crippen LogP contribution in [0.15, 0.2) is 24.4 Å². The third kappa shape index (κ3) is 2.63. The normalized spacial score (nSPS) is 12.1. The van der Waals surface area contributed by atoms with Gasteiger partial charge in [-0.2, -0.15) is 0 Å². The van der Waals surface area contributed by atoms with Crippen LogP contribution in [0.2, 0.25) is 0 Å². The van der Waals surface area contributed by atoms with Gasteiger partial charge < -0.3 is 10.2 Å². The van der Waals surface area contributed by atoms with Crippen molar-refractivity contribution in [2.45, 2.75) is 12.5 Å². The molecule has 0 saturated carbocycles. The number of hydrogen-bond acceptors (Lipinski definition) is 4. The van der Waals surface area contributed by atoms with E-state index in [1.54, 1.807) is 12.1 Å². The zero-order valence-electron chi connectivity index (χ0n) is 7.25. The van der Waals surface area contributed by atoms with Crippen molar-refractivity contribution in [3.05, 3.63) is 30.1 Å². The number of carboxylic acid groups (broad SMARTS) is 1. The lowest BCUT2D eigenvalue weighted by Crippen LogP contribution is -2.16. The second kappa shape index (κ2) is 4.48. The molecule has 74 valence electrons. The van der Waals surface area contributed by atoms with Gasteiger partial charge in [-0.05, 0) is 12.1 Å². The molecule has 5 heteroatoms. The van der Waals surface area contributed by atoms with Crippen LogP contribution in [0.3, 0.4) is 0 Å². The summed E-state index contributed by atoms with van der Waals surface area (Å²) >= 11 is 0. The highest BCUT2D eigenvalue weighted by molar-refractivity contribution is 6.32. The molecule has 1 unspecified atom stereocenters. The second-order valence-corrected chi connectivity index (χ2v) is 2.70. The summed E-state index contributed by atoms with van der Waals surface area (Å²) in [6.07, 6.45) is -0.143. The Kier molecular flexibility index (Phi) is 3.30. The third-order valence-electron chi connectivity index (χ3n) is 1.65. The Morgan fingerprint density at radius 3 is 2.64 bits per heavy atom. The van der Waals surface area contributed by atoms with Crippen LogP contribution in [0.25, 0.3) is 0 Å². The van der Waals surface area contributed by atoms with Crippen molar-refractivity contribution in [2.24, 2.45) is 0 Å². The van der Waals surface area contributed by atoms with E-state index in [4.69, 9.17) is 5.11 Å². The van der Waals surface area contributed by atoms with E-state index in [-0.39, 0.29) is 0 Å². The molecular formula is C9H9NO4. The number of ketones is 1. The molecule has 1 aromatic rings. The van der Waals surface area contributed by atoms with Gasteiger partial charge in [-0.25, -0.2) is 4.79 Å². The molecule has 1 atom stereocenters. The minimum Gasteiger partial charge on any atom is -0.475 e. The predicted octanol–water partition coefficient (Wildman–Crippen LogP) is 0.159. The highest BCUT2D eigenvalue weighted by Crippen LogP contribution is 2.13. The van der Waals surface area contributed by atoms with Crippen LogP contribution in [0.4, 0.5) is 0 Å². The standard InChI is InChI=1S/C9H9NO4/c11-7(5-8(12)9(13)14)6-3-1-2-4-10-6/h1-4,7,11H,5H2,(H,13,14). The first-order chi connectivity index (χ1) is 6.61. The van der Waals surface area contributed by atoms with Crippen molar-refractivity contribution in [1.82, 2.24) is 4.98 Å². The van der Waals surface area contributed by atoms with Gasteiger partial charge in [0.15, 0.2) is 0 Å². The van der Waals surface area contributed by atoms with E-state index < -0.39 is 24.3 Å². The highest BCUT2D eigenvalue weighted by Gasteiger charge is 2.18. The molecule has 0 bridgehead atoms. The fourth-order valence-electron chi connectivity index (χ4n) is 0.941. The SMILES string of the molecule is O=C(O)C(=O)CC(O)c1ccccn1. The van der Waals surface area contributed by atoms with Crippen molar-refractivity contribution >= 4 is 11.8 Å². The molecule has 0 aromatic carbocycles. The summed E-state index contributed by atoms with van der Waals surface area (Å²) in [4.78, 5) is 24.7. The minimum absolute atomic E-state index is 0.294. The number of aromatic nitrogens is 1. The van der Waals surface area contributed by atoms with Gasteiger partial charge in [0.05, 0.1) is 5.69 Å². The monoisotopic (exact) mass is 195 g/mol. The Morgan fingerprint density at radius 1 is 1.43 bits per heavy atom. The quantitative estimate of drug-likeness (QED) is 0.668. The van der Waals surface area contributed by atoms with Crippen LogP contribution < -0.4 is 0 Å². The highest BCUT2D eigenvalue weighted by atomic mass is 16.4. The Hall–Kier alpha value is -1.75. The zero-order valence-corrected chi connectivity index (χ0v) is 7.25. The Morgan fingerprint density at radius 2 is 2.14 bits per heavy atom. The molecule has 0 fully saturated rings. The van der Waals surface area contributed by atoms with Crippen LogP contribution in [0.5, 0.6) is 0 Å². The van der Waals surface area contributed by atoms with E-state index in [0.29, 0.717) is 5.69 Å². The van der Waals surface area contributed by atoms with E-state index in [0.717, 1.165) is 0 Å². The minimum atomic E-state index is -1.54. The van der Waals surface area contributed by atoms with Gasteiger partial charge in [0, 0.05) is 12.6 Å². The first-order valence-electron chi connectivity index (χ1n) is 3.96. The van der Waals surface area contributed by atoms with E-state index in [1.807, 2.05) is 0 Å². The van der Waals surface area contributed by atoms with Crippen molar-refractivity contribution < 1.29 is 19.8 Å². The Labute approximate surface area is 80.0 Å². The smallest absolute Gasteiger partial charge is 0.372 e. The predicted molar refractivity (Wildman–Crippen MR) is 46.5 cm³/mol. The molecule has 0 amide bonds. The van der Waals surface area contributed by atoms with E-state index >= 15 is 0 Å². The summed E-state index contributed by atoms with van der Waals surface area (Å²) in [5, 5.41) is 17.7. The van der Waals surface area contributed by atoms with E-state index in [2.05, 4.69) is 4.98 Å². The molecule has 2 N–H and O–H groups in total. The summed E-state index contributed by atoms with van der Waals surface area (Å²) in [6.45, 7) is 0. The first-order valence-corrected chi connectivity index (χ1v) is 3.96. The number of carbonyl (C=O) groups is 2. The number of aliphatic hydroxyl groups excluding tert-OH is 1. The molecule has 5 nitrogen and oxygen atoms in total. The van der Waals surface area contributed by atoms with Crippen molar-refractivity contribution in [3.8, 4) is 0 Å². The number of pyridine rings is 1. The number of aliphatic carboxylic acids is 1. The molecule has 0 saturated heterocycles. The van der Waals surface area contributed by atoms with Crippen LogP contribution in [0.1, 0.15) is 18.2 Å². The summed E-state index contributed by atoms with van der Waals surface area (Å²) < 4.78 is 0. The number of carboxylic acids is 1. The summed E-state index contributed by atoms with van der Waals surface area (Å²) in [7, 11) is 0. The van der Waals surface area contributed by atoms with Gasteiger partial charge >= 0.3 is 5.97 Å². The molecule has 14 heavy (non-hydrogen) atoms. The molecule has 0 aliphatic rings. The number of nitrogens with zero attached hydrogens (tertiary/aromatic N) is 1. The van der Waals surface area contributed by atoms with E-state index in [9.17, 15) is 14.7 Å². The topological polar surface area (TPSA) is 87.5 Å². The van der Waals surface area contributed by atoms with Gasteiger partial charge in [-0.3, -0.25) is 9.78 Å². The molecule has 0 radical (unpaired) electrons. The van der Waals surface area contributed by atoms with Crippen molar-refractivity contribution in [1.29, 1.82) is 0 Å². The Balaban J connectivity index is 2.64. The van der Waals surface area contributed by atoms with E-state index in [1.165, 1.54) is 12.3 Å². The second-order valence-electron chi connectivity index (χ2n) is 2.70. The van der Waals surface area contributed by atoms with Gasteiger partial charge in [0.2, 0.25) is 5.78 Å². The molecule has 0 spiro atoms. The average molecular weight is 195 g/mol. The summed E-state index contributed by atoms with van der Waals surface area (Å²) in [6, 6.07) is 4.84. The largest absolute Gasteiger partial charge is 0.475 e. The van der Waals surface area contributed by atoms with Crippen LogP contribution in [0, 0.1) is 0 Å². The number of carbonyl (C=O) groups excluding carboxylic acids is 1. The van der Waals surface area contributed by atoms with Gasteiger partial charge in [0.1, 0.15) is 6.10 Å². The average Bonchev–Trinajstić information content (AvgIpc) is 2.19. The molecule has 1 aromatic heterocycles.